The Morgan fingerprint density at radius 1 is 1.45 bits per heavy atom. The summed E-state index contributed by atoms with van der Waals surface area (Å²) in [5.74, 6) is 0.0523. The van der Waals surface area contributed by atoms with Gasteiger partial charge in [-0.15, -0.1) is 11.3 Å². The fourth-order valence-electron chi connectivity index (χ4n) is 1.86. The van der Waals surface area contributed by atoms with Crippen molar-refractivity contribution in [2.45, 2.75) is 31.8 Å². The Hall–Kier alpha value is -1.38. The molecule has 2 rings (SSSR count). The number of sulfonamides is 1. The molecule has 0 saturated heterocycles. The van der Waals surface area contributed by atoms with Crippen molar-refractivity contribution in [1.82, 2.24) is 14.1 Å². The smallest absolute Gasteiger partial charge is 0.248 e. The molecule has 0 aliphatic heterocycles. The van der Waals surface area contributed by atoms with Gasteiger partial charge < -0.3 is 5.73 Å². The maximum absolute atomic E-state index is 12.6. The van der Waals surface area contributed by atoms with Gasteiger partial charge in [0.2, 0.25) is 10.0 Å². The Morgan fingerprint density at radius 2 is 2.20 bits per heavy atom. The first kappa shape index (κ1) is 15.0. The molecule has 2 heterocycles. The molecular weight excluding hydrogens is 296 g/mol. The second-order valence-electron chi connectivity index (χ2n) is 4.24. The largest absolute Gasteiger partial charge is 0.381 e. The normalized spacial score (nSPS) is 12.2. The molecule has 0 aliphatic carbocycles. The van der Waals surface area contributed by atoms with Crippen molar-refractivity contribution >= 4 is 27.2 Å². The lowest BCUT2D eigenvalue weighted by atomic mass is 10.4. The van der Waals surface area contributed by atoms with Crippen LogP contribution in [0.4, 0.5) is 5.82 Å². The average Bonchev–Trinajstić information content (AvgIpc) is 3.04. The molecule has 0 aliphatic rings. The lowest BCUT2D eigenvalue weighted by molar-refractivity contribution is 0.426. The number of aromatic nitrogens is 2. The lowest BCUT2D eigenvalue weighted by Gasteiger charge is -2.19. The van der Waals surface area contributed by atoms with Crippen molar-refractivity contribution in [1.29, 1.82) is 0 Å². The Kier molecular flexibility index (Phi) is 4.46. The number of nitrogens with zero attached hydrogens (tertiary/aromatic N) is 3. The van der Waals surface area contributed by atoms with E-state index in [1.54, 1.807) is 0 Å². The molecule has 0 unspecified atom stereocenters. The van der Waals surface area contributed by atoms with Crippen molar-refractivity contribution in [2.24, 2.45) is 0 Å². The number of thiophene rings is 1. The van der Waals surface area contributed by atoms with E-state index in [-0.39, 0.29) is 10.7 Å². The van der Waals surface area contributed by atoms with Crippen LogP contribution in [0.1, 0.15) is 18.7 Å². The molecule has 6 nitrogen and oxygen atoms in total. The van der Waals surface area contributed by atoms with Crippen molar-refractivity contribution < 1.29 is 8.42 Å². The molecule has 0 spiro atoms. The summed E-state index contributed by atoms with van der Waals surface area (Å²) in [5.41, 5.74) is 5.73. The van der Waals surface area contributed by atoms with Gasteiger partial charge in [-0.05, 0) is 18.4 Å². The van der Waals surface area contributed by atoms with Crippen LogP contribution in [0.15, 0.2) is 28.6 Å². The minimum Gasteiger partial charge on any atom is -0.381 e. The van der Waals surface area contributed by atoms with Crippen LogP contribution in [-0.4, -0.2) is 29.0 Å². The van der Waals surface area contributed by atoms with Gasteiger partial charge in [0, 0.05) is 30.7 Å². The number of hydrogen-bond donors (Lipinski definition) is 1. The van der Waals surface area contributed by atoms with Gasteiger partial charge in [0.15, 0.2) is 5.82 Å². The predicted octanol–water partition coefficient (Wildman–Crippen LogP) is 1.76. The standard InChI is InChI=1S/C12H18N4O2S2/c1-3-15-9-11(12(13)14-15)20(17,18)16(4-2)8-10-6-5-7-19-10/h5-7,9H,3-4,8H2,1-2H3,(H2,13,14). The molecule has 8 heteroatoms. The Morgan fingerprint density at radius 3 is 2.70 bits per heavy atom. The third-order valence-corrected chi connectivity index (χ3v) is 5.76. The van der Waals surface area contributed by atoms with E-state index in [1.165, 1.54) is 26.5 Å². The highest BCUT2D eigenvalue weighted by Crippen LogP contribution is 2.23. The monoisotopic (exact) mass is 314 g/mol. The highest BCUT2D eigenvalue weighted by molar-refractivity contribution is 7.89. The molecule has 0 atom stereocenters. The van der Waals surface area contributed by atoms with Crippen LogP contribution >= 0.6 is 11.3 Å². The van der Waals surface area contributed by atoms with Crippen LogP contribution in [-0.2, 0) is 23.1 Å². The maximum atomic E-state index is 12.6. The van der Waals surface area contributed by atoms with Crippen LogP contribution in [0.2, 0.25) is 0 Å². The SMILES string of the molecule is CCN(Cc1cccs1)S(=O)(=O)c1cn(CC)nc1N. The molecule has 0 aromatic carbocycles. The third-order valence-electron chi connectivity index (χ3n) is 2.96. The molecule has 0 fully saturated rings. The molecule has 0 amide bonds. The minimum atomic E-state index is -3.62. The second-order valence-corrected chi connectivity index (χ2v) is 7.18. The van der Waals surface area contributed by atoms with E-state index in [4.69, 9.17) is 5.73 Å². The quantitative estimate of drug-likeness (QED) is 0.881. The van der Waals surface area contributed by atoms with Crippen LogP contribution < -0.4 is 5.73 Å². The zero-order chi connectivity index (χ0) is 14.8. The third kappa shape index (κ3) is 2.87. The Bertz CT molecular complexity index is 662. The van der Waals surface area contributed by atoms with E-state index in [1.807, 2.05) is 31.4 Å². The van der Waals surface area contributed by atoms with Gasteiger partial charge in [-0.1, -0.05) is 13.0 Å². The fourth-order valence-corrected chi connectivity index (χ4v) is 4.15. The predicted molar refractivity (Wildman–Crippen MR) is 79.9 cm³/mol. The van der Waals surface area contributed by atoms with Crippen LogP contribution in [0.25, 0.3) is 0 Å². The fraction of sp³-hybridized carbons (Fsp3) is 0.417. The summed E-state index contributed by atoms with van der Waals surface area (Å²) in [6, 6.07) is 3.83. The first-order valence-corrected chi connectivity index (χ1v) is 8.66. The molecule has 0 bridgehead atoms. The second kappa shape index (κ2) is 5.94. The van der Waals surface area contributed by atoms with E-state index in [0.29, 0.717) is 19.6 Å². The highest BCUT2D eigenvalue weighted by Gasteiger charge is 2.28. The summed E-state index contributed by atoms with van der Waals surface area (Å²) >= 11 is 1.53. The summed E-state index contributed by atoms with van der Waals surface area (Å²) in [6.45, 7) is 5.01. The number of aryl methyl sites for hydroxylation is 1. The van der Waals surface area contributed by atoms with Gasteiger partial charge in [0.1, 0.15) is 4.90 Å². The van der Waals surface area contributed by atoms with Gasteiger partial charge in [-0.2, -0.15) is 9.40 Å². The number of anilines is 1. The summed E-state index contributed by atoms with van der Waals surface area (Å²) in [5, 5.41) is 5.93. The molecule has 20 heavy (non-hydrogen) atoms. The van der Waals surface area contributed by atoms with Crippen LogP contribution in [0.3, 0.4) is 0 Å². The van der Waals surface area contributed by atoms with Crippen molar-refractivity contribution in [2.75, 3.05) is 12.3 Å². The van der Waals surface area contributed by atoms with E-state index < -0.39 is 10.0 Å². The highest BCUT2D eigenvalue weighted by atomic mass is 32.2. The van der Waals surface area contributed by atoms with Gasteiger partial charge in [0.25, 0.3) is 0 Å². The number of rotatable bonds is 6. The van der Waals surface area contributed by atoms with Crippen molar-refractivity contribution in [3.05, 3.63) is 28.6 Å². The molecule has 2 aromatic rings. The van der Waals surface area contributed by atoms with Crippen LogP contribution in [0.5, 0.6) is 0 Å². The van der Waals surface area contributed by atoms with Gasteiger partial charge in [-0.25, -0.2) is 8.42 Å². The maximum Gasteiger partial charge on any atom is 0.248 e. The summed E-state index contributed by atoms with van der Waals surface area (Å²) < 4.78 is 28.2. The summed E-state index contributed by atoms with van der Waals surface area (Å²) in [7, 11) is -3.62. The van der Waals surface area contributed by atoms with E-state index in [9.17, 15) is 8.42 Å². The van der Waals surface area contributed by atoms with E-state index in [2.05, 4.69) is 5.10 Å². The molecule has 0 radical (unpaired) electrons. The molecule has 0 saturated carbocycles. The van der Waals surface area contributed by atoms with Crippen molar-refractivity contribution in [3.8, 4) is 0 Å². The average molecular weight is 314 g/mol. The van der Waals surface area contributed by atoms with Gasteiger partial charge >= 0.3 is 0 Å². The van der Waals surface area contributed by atoms with Gasteiger partial charge in [-0.3, -0.25) is 4.68 Å². The lowest BCUT2D eigenvalue weighted by Crippen LogP contribution is -2.30. The molecular formula is C12H18N4O2S2. The summed E-state index contributed by atoms with van der Waals surface area (Å²) in [4.78, 5) is 1.08. The van der Waals surface area contributed by atoms with Crippen molar-refractivity contribution in [3.63, 3.8) is 0 Å². The van der Waals surface area contributed by atoms with Crippen LogP contribution in [0, 0.1) is 0 Å². The molecule has 2 aromatic heterocycles. The van der Waals surface area contributed by atoms with E-state index >= 15 is 0 Å². The van der Waals surface area contributed by atoms with E-state index in [0.717, 1.165) is 4.88 Å². The van der Waals surface area contributed by atoms with Gasteiger partial charge in [0.05, 0.1) is 0 Å². The zero-order valence-corrected chi connectivity index (χ0v) is 13.1. The molecule has 110 valence electrons. The number of nitrogen functional groups attached to an aromatic ring is 1. The zero-order valence-electron chi connectivity index (χ0n) is 11.5. The molecule has 2 N–H and O–H groups in total. The minimum absolute atomic E-state index is 0.0523. The topological polar surface area (TPSA) is 81.2 Å². The first-order chi connectivity index (χ1) is 9.48. The Labute approximate surface area is 122 Å². The number of nitrogens with two attached hydrogens (primary N) is 1. The summed E-state index contributed by atoms with van der Waals surface area (Å²) in [6.07, 6.45) is 1.49. The first-order valence-electron chi connectivity index (χ1n) is 6.34. The number of hydrogen-bond acceptors (Lipinski definition) is 5. The Balaban J connectivity index is 2.33.